The molecule has 108 valence electrons. The molecule has 0 aromatic rings. The first kappa shape index (κ1) is 15.7. The van der Waals surface area contributed by atoms with Gasteiger partial charge in [-0.2, -0.15) is 0 Å². The fourth-order valence-corrected chi connectivity index (χ4v) is 2.16. The van der Waals surface area contributed by atoms with Crippen LogP contribution < -0.4 is 11.1 Å². The summed E-state index contributed by atoms with van der Waals surface area (Å²) in [6.07, 6.45) is 3.65. The Morgan fingerprint density at radius 2 is 2.16 bits per heavy atom. The molecule has 2 amide bonds. The number of nitrogens with zero attached hydrogens (tertiary/aromatic N) is 1. The van der Waals surface area contributed by atoms with Gasteiger partial charge < -0.3 is 20.7 Å². The average Bonchev–Trinajstić information content (AvgIpc) is 2.39. The minimum atomic E-state index is -0.503. The second-order valence-corrected chi connectivity index (χ2v) is 4.73. The monoisotopic (exact) mass is 269 g/mol. The lowest BCUT2D eigenvalue weighted by Gasteiger charge is -2.33. The molecule has 1 saturated heterocycles. The first-order chi connectivity index (χ1) is 9.08. The van der Waals surface area contributed by atoms with Crippen LogP contribution in [-0.2, 0) is 14.3 Å². The molecular formula is C13H23N3O3. The molecule has 1 unspecified atom stereocenters. The number of likely N-dealkylation sites (tertiary alicyclic amines) is 1. The molecule has 1 fully saturated rings. The number of piperidine rings is 1. The molecule has 0 aromatic carbocycles. The molecule has 0 radical (unpaired) electrons. The molecule has 0 saturated carbocycles. The van der Waals surface area contributed by atoms with Gasteiger partial charge in [-0.1, -0.05) is 6.08 Å². The zero-order valence-corrected chi connectivity index (χ0v) is 11.4. The number of nitrogens with one attached hydrogen (secondary N) is 1. The first-order valence-electron chi connectivity index (χ1n) is 6.52. The van der Waals surface area contributed by atoms with E-state index in [1.165, 1.54) is 7.11 Å². The second kappa shape index (κ2) is 7.91. The van der Waals surface area contributed by atoms with Gasteiger partial charge in [0, 0.05) is 26.2 Å². The van der Waals surface area contributed by atoms with Crippen molar-refractivity contribution in [3.8, 4) is 0 Å². The van der Waals surface area contributed by atoms with Gasteiger partial charge in [0.05, 0.1) is 6.04 Å². The Hall–Kier alpha value is -1.40. The quantitative estimate of drug-likeness (QED) is 0.645. The number of carbonyl (C=O) groups excluding carboxylic acids is 2. The number of nitrogens with two attached hydrogens (primary N) is 1. The molecule has 19 heavy (non-hydrogen) atoms. The zero-order chi connectivity index (χ0) is 14.3. The standard InChI is InChI=1S/C13H23N3O3/c1-3-4-11(14)13(18)16-7-5-10(6-8-16)15-12(17)9-19-2/h3,10-11H,1,4-9,14H2,2H3,(H,15,17). The van der Waals surface area contributed by atoms with E-state index in [9.17, 15) is 9.59 Å². The van der Waals surface area contributed by atoms with Crippen LogP contribution in [0.2, 0.25) is 0 Å². The highest BCUT2D eigenvalue weighted by molar-refractivity contribution is 5.82. The van der Waals surface area contributed by atoms with Gasteiger partial charge in [-0.3, -0.25) is 9.59 Å². The summed E-state index contributed by atoms with van der Waals surface area (Å²) in [5.74, 6) is -0.155. The molecular weight excluding hydrogens is 246 g/mol. The number of hydrogen-bond donors (Lipinski definition) is 2. The summed E-state index contributed by atoms with van der Waals surface area (Å²) in [6.45, 7) is 4.91. The van der Waals surface area contributed by atoms with Crippen LogP contribution in [0.4, 0.5) is 0 Å². The number of ether oxygens (including phenoxy) is 1. The highest BCUT2D eigenvalue weighted by Gasteiger charge is 2.26. The Bertz CT molecular complexity index is 325. The summed E-state index contributed by atoms with van der Waals surface area (Å²) in [5.41, 5.74) is 5.76. The van der Waals surface area contributed by atoms with E-state index in [0.717, 1.165) is 12.8 Å². The predicted molar refractivity (Wildman–Crippen MR) is 72.4 cm³/mol. The highest BCUT2D eigenvalue weighted by atomic mass is 16.5. The van der Waals surface area contributed by atoms with Crippen LogP contribution in [0.3, 0.4) is 0 Å². The SMILES string of the molecule is C=CCC(N)C(=O)N1CCC(NC(=O)COC)CC1. The third-order valence-corrected chi connectivity index (χ3v) is 3.18. The van der Waals surface area contributed by atoms with E-state index < -0.39 is 6.04 Å². The van der Waals surface area contributed by atoms with Crippen LogP contribution in [0, 0.1) is 0 Å². The van der Waals surface area contributed by atoms with E-state index in [0.29, 0.717) is 19.5 Å². The van der Waals surface area contributed by atoms with Gasteiger partial charge in [0.25, 0.3) is 0 Å². The van der Waals surface area contributed by atoms with Crippen LogP contribution in [0.5, 0.6) is 0 Å². The second-order valence-electron chi connectivity index (χ2n) is 4.73. The van der Waals surface area contributed by atoms with E-state index in [-0.39, 0.29) is 24.5 Å². The van der Waals surface area contributed by atoms with Crippen LogP contribution in [0.1, 0.15) is 19.3 Å². The number of rotatable bonds is 6. The van der Waals surface area contributed by atoms with E-state index >= 15 is 0 Å². The number of amides is 2. The normalized spacial score (nSPS) is 17.9. The highest BCUT2D eigenvalue weighted by Crippen LogP contribution is 2.12. The third-order valence-electron chi connectivity index (χ3n) is 3.18. The van der Waals surface area contributed by atoms with Crippen LogP contribution >= 0.6 is 0 Å². The maximum atomic E-state index is 12.0. The molecule has 0 aromatic heterocycles. The maximum Gasteiger partial charge on any atom is 0.246 e. The topological polar surface area (TPSA) is 84.7 Å². The van der Waals surface area contributed by atoms with E-state index in [2.05, 4.69) is 11.9 Å². The van der Waals surface area contributed by atoms with Crippen LogP contribution in [-0.4, -0.2) is 55.6 Å². The molecule has 0 spiro atoms. The Kier molecular flexibility index (Phi) is 6.52. The summed E-state index contributed by atoms with van der Waals surface area (Å²) in [6, 6.07) is -0.389. The molecule has 1 heterocycles. The lowest BCUT2D eigenvalue weighted by Crippen LogP contribution is -2.51. The van der Waals surface area contributed by atoms with Gasteiger partial charge in [-0.15, -0.1) is 6.58 Å². The number of carbonyl (C=O) groups is 2. The van der Waals surface area contributed by atoms with Crippen molar-refractivity contribution in [3.63, 3.8) is 0 Å². The molecule has 1 rings (SSSR count). The number of methoxy groups -OCH3 is 1. The minimum Gasteiger partial charge on any atom is -0.375 e. The lowest BCUT2D eigenvalue weighted by atomic mass is 10.0. The fourth-order valence-electron chi connectivity index (χ4n) is 2.16. The summed E-state index contributed by atoms with van der Waals surface area (Å²) in [5, 5.41) is 2.88. The van der Waals surface area contributed by atoms with Crippen molar-refractivity contribution in [2.24, 2.45) is 5.73 Å². The van der Waals surface area contributed by atoms with Gasteiger partial charge in [0.1, 0.15) is 6.61 Å². The van der Waals surface area contributed by atoms with Crippen molar-refractivity contribution in [1.82, 2.24) is 10.2 Å². The van der Waals surface area contributed by atoms with E-state index in [1.807, 2.05) is 0 Å². The van der Waals surface area contributed by atoms with Gasteiger partial charge in [-0.05, 0) is 19.3 Å². The molecule has 3 N–H and O–H groups in total. The van der Waals surface area contributed by atoms with Gasteiger partial charge >= 0.3 is 0 Å². The van der Waals surface area contributed by atoms with Gasteiger partial charge in [0.2, 0.25) is 11.8 Å². The first-order valence-corrected chi connectivity index (χ1v) is 6.52. The van der Waals surface area contributed by atoms with E-state index in [4.69, 9.17) is 10.5 Å². The number of hydrogen-bond acceptors (Lipinski definition) is 4. The van der Waals surface area contributed by atoms with Gasteiger partial charge in [0.15, 0.2) is 0 Å². The van der Waals surface area contributed by atoms with Crippen molar-refractivity contribution in [1.29, 1.82) is 0 Å². The molecule has 1 aliphatic rings. The molecule has 0 bridgehead atoms. The maximum absolute atomic E-state index is 12.0. The van der Waals surface area contributed by atoms with Crippen molar-refractivity contribution in [2.75, 3.05) is 26.8 Å². The summed E-state index contributed by atoms with van der Waals surface area (Å²) < 4.78 is 4.76. The Morgan fingerprint density at radius 3 is 2.68 bits per heavy atom. The predicted octanol–water partition coefficient (Wildman–Crippen LogP) is -0.357. The Balaban J connectivity index is 2.34. The lowest BCUT2D eigenvalue weighted by molar-refractivity contribution is -0.133. The summed E-state index contributed by atoms with van der Waals surface area (Å²) in [4.78, 5) is 25.1. The summed E-state index contributed by atoms with van der Waals surface area (Å²) >= 11 is 0. The van der Waals surface area contributed by atoms with Crippen molar-refractivity contribution >= 4 is 11.8 Å². The van der Waals surface area contributed by atoms with Crippen LogP contribution in [0.15, 0.2) is 12.7 Å². The largest absolute Gasteiger partial charge is 0.375 e. The molecule has 6 heteroatoms. The average molecular weight is 269 g/mol. The van der Waals surface area contributed by atoms with Crippen molar-refractivity contribution in [2.45, 2.75) is 31.3 Å². The Labute approximate surface area is 114 Å². The minimum absolute atomic E-state index is 0.0402. The Morgan fingerprint density at radius 1 is 1.53 bits per heavy atom. The molecule has 0 aliphatic carbocycles. The molecule has 1 atom stereocenters. The van der Waals surface area contributed by atoms with Crippen molar-refractivity contribution in [3.05, 3.63) is 12.7 Å². The molecule has 6 nitrogen and oxygen atoms in total. The van der Waals surface area contributed by atoms with Crippen LogP contribution in [0.25, 0.3) is 0 Å². The van der Waals surface area contributed by atoms with E-state index in [1.54, 1.807) is 11.0 Å². The smallest absolute Gasteiger partial charge is 0.246 e. The summed E-state index contributed by atoms with van der Waals surface area (Å²) in [7, 11) is 1.49. The van der Waals surface area contributed by atoms with Gasteiger partial charge in [-0.25, -0.2) is 0 Å². The zero-order valence-electron chi connectivity index (χ0n) is 11.4. The molecule has 1 aliphatic heterocycles. The van der Waals surface area contributed by atoms with Crippen molar-refractivity contribution < 1.29 is 14.3 Å². The fraction of sp³-hybridized carbons (Fsp3) is 0.692. The third kappa shape index (κ3) is 5.00.